The number of hydrogen-bond acceptors (Lipinski definition) is 2. The maximum Gasteiger partial charge on any atom is 0.0771 e. The van der Waals surface area contributed by atoms with Crippen LogP contribution in [0.1, 0.15) is 89.5 Å². The molecule has 1 nitrogen and oxygen atoms in total. The van der Waals surface area contributed by atoms with Gasteiger partial charge < -0.3 is 0 Å². The minimum atomic E-state index is 0.982. The van der Waals surface area contributed by atoms with Gasteiger partial charge in [-0.3, -0.25) is 0 Å². The smallest absolute Gasteiger partial charge is 0.0771 e. The molecule has 0 amide bonds. The standard InChI is InChI=1S/C25H37NS/c1-2-3-4-5-6-7-8-9-10-11-12-13-14-15-16-17-20-24-21-18-19-22-25(24)26-23-27/h6-7,9-10,18-19,21-22H,2-5,8,11-17,20H2,1H3/b7-6-,10-9-. The van der Waals surface area contributed by atoms with E-state index < -0.39 is 0 Å². The average Bonchev–Trinajstić information content (AvgIpc) is 2.69. The molecule has 0 aliphatic rings. The van der Waals surface area contributed by atoms with Crippen LogP contribution in [0.25, 0.3) is 0 Å². The summed E-state index contributed by atoms with van der Waals surface area (Å²) in [5.74, 6) is 0. The third kappa shape index (κ3) is 13.3. The zero-order valence-corrected chi connectivity index (χ0v) is 18.0. The fourth-order valence-corrected chi connectivity index (χ4v) is 3.28. The summed E-state index contributed by atoms with van der Waals surface area (Å²) >= 11 is 4.72. The van der Waals surface area contributed by atoms with Gasteiger partial charge in [0, 0.05) is 0 Å². The van der Waals surface area contributed by atoms with Crippen molar-refractivity contribution >= 4 is 23.1 Å². The highest BCUT2D eigenvalue weighted by atomic mass is 32.1. The van der Waals surface area contributed by atoms with Crippen LogP contribution in [0.2, 0.25) is 0 Å². The topological polar surface area (TPSA) is 12.4 Å². The lowest BCUT2D eigenvalue weighted by Gasteiger charge is -2.04. The van der Waals surface area contributed by atoms with E-state index in [0.29, 0.717) is 0 Å². The maximum absolute atomic E-state index is 4.72. The zero-order chi connectivity index (χ0) is 19.4. The Labute approximate surface area is 172 Å². The molecule has 148 valence electrons. The minimum Gasteiger partial charge on any atom is -0.194 e. The molecule has 0 fully saturated rings. The van der Waals surface area contributed by atoms with Gasteiger partial charge in [-0.1, -0.05) is 88.0 Å². The molecular weight excluding hydrogens is 346 g/mol. The van der Waals surface area contributed by atoms with Gasteiger partial charge in [-0.15, -0.1) is 0 Å². The van der Waals surface area contributed by atoms with Crippen LogP contribution in [0.3, 0.4) is 0 Å². The highest BCUT2D eigenvalue weighted by Gasteiger charge is 2.00. The van der Waals surface area contributed by atoms with Crippen molar-refractivity contribution in [2.24, 2.45) is 4.99 Å². The molecule has 0 aliphatic heterocycles. The third-order valence-corrected chi connectivity index (χ3v) is 4.90. The Morgan fingerprint density at radius 1 is 0.815 bits per heavy atom. The second-order valence-corrected chi connectivity index (χ2v) is 7.35. The highest BCUT2D eigenvalue weighted by Crippen LogP contribution is 2.20. The van der Waals surface area contributed by atoms with Crippen molar-refractivity contribution < 1.29 is 0 Å². The average molecular weight is 384 g/mol. The summed E-state index contributed by atoms with van der Waals surface area (Å²) in [6.45, 7) is 2.26. The molecule has 2 heteroatoms. The summed E-state index contributed by atoms with van der Waals surface area (Å²) in [6, 6.07) is 8.25. The van der Waals surface area contributed by atoms with Gasteiger partial charge in [0.25, 0.3) is 0 Å². The summed E-state index contributed by atoms with van der Waals surface area (Å²) in [4.78, 5) is 4.15. The Morgan fingerprint density at radius 2 is 1.44 bits per heavy atom. The van der Waals surface area contributed by atoms with Gasteiger partial charge >= 0.3 is 0 Å². The first kappa shape index (κ1) is 23.5. The van der Waals surface area contributed by atoms with Crippen LogP contribution in [-0.4, -0.2) is 5.16 Å². The number of unbranched alkanes of at least 4 members (excludes halogenated alkanes) is 9. The maximum atomic E-state index is 4.72. The number of aliphatic imine (C=N–C) groups is 1. The highest BCUT2D eigenvalue weighted by molar-refractivity contribution is 7.78. The molecule has 0 aromatic heterocycles. The minimum absolute atomic E-state index is 0.982. The van der Waals surface area contributed by atoms with Crippen molar-refractivity contribution in [3.63, 3.8) is 0 Å². The molecular formula is C25H37NS. The monoisotopic (exact) mass is 383 g/mol. The number of allylic oxidation sites excluding steroid dienone is 4. The molecule has 0 saturated carbocycles. The molecule has 1 aromatic rings. The van der Waals surface area contributed by atoms with E-state index in [0.717, 1.165) is 18.5 Å². The molecule has 27 heavy (non-hydrogen) atoms. The van der Waals surface area contributed by atoms with Gasteiger partial charge in [-0.05, 0) is 68.8 Å². The lowest BCUT2D eigenvalue weighted by Crippen LogP contribution is -1.87. The summed E-state index contributed by atoms with van der Waals surface area (Å²) < 4.78 is 0. The molecule has 0 atom stereocenters. The van der Waals surface area contributed by atoms with Gasteiger partial charge in [0.1, 0.15) is 0 Å². The van der Waals surface area contributed by atoms with E-state index >= 15 is 0 Å². The van der Waals surface area contributed by atoms with Gasteiger partial charge in [0.2, 0.25) is 0 Å². The molecule has 0 N–H and O–H groups in total. The number of benzene rings is 1. The van der Waals surface area contributed by atoms with E-state index in [2.05, 4.69) is 53.5 Å². The Balaban J connectivity index is 1.95. The van der Waals surface area contributed by atoms with Crippen LogP contribution >= 0.6 is 12.2 Å². The predicted molar refractivity (Wildman–Crippen MR) is 124 cm³/mol. The SMILES string of the molecule is CCCCC/C=C\C/C=C\CCCCCCCCc1ccccc1N=C=S. The molecule has 0 saturated heterocycles. The van der Waals surface area contributed by atoms with Crippen LogP contribution in [0, 0.1) is 0 Å². The third-order valence-electron chi connectivity index (χ3n) is 4.80. The van der Waals surface area contributed by atoms with E-state index in [-0.39, 0.29) is 0 Å². The number of aryl methyl sites for hydroxylation is 1. The van der Waals surface area contributed by atoms with Gasteiger partial charge in [0.15, 0.2) is 0 Å². The van der Waals surface area contributed by atoms with Crippen LogP contribution in [0.15, 0.2) is 53.6 Å². The number of hydrogen-bond donors (Lipinski definition) is 0. The summed E-state index contributed by atoms with van der Waals surface area (Å²) in [5, 5.41) is 2.48. The quantitative estimate of drug-likeness (QED) is 0.120. The number of isothiocyanates is 1. The number of rotatable bonds is 16. The lowest BCUT2D eigenvalue weighted by molar-refractivity contribution is 0.597. The fourth-order valence-electron chi connectivity index (χ4n) is 3.18. The Kier molecular flexibility index (Phi) is 15.6. The first-order chi connectivity index (χ1) is 13.4. The Morgan fingerprint density at radius 3 is 2.15 bits per heavy atom. The largest absolute Gasteiger partial charge is 0.194 e. The summed E-state index contributed by atoms with van der Waals surface area (Å²) in [6.07, 6.45) is 25.9. The van der Waals surface area contributed by atoms with E-state index in [4.69, 9.17) is 12.2 Å². The van der Waals surface area contributed by atoms with Crippen LogP contribution in [-0.2, 0) is 6.42 Å². The molecule has 0 aliphatic carbocycles. The van der Waals surface area contributed by atoms with E-state index in [9.17, 15) is 0 Å². The number of para-hydroxylation sites is 1. The molecule has 0 unspecified atom stereocenters. The first-order valence-corrected chi connectivity index (χ1v) is 11.2. The van der Waals surface area contributed by atoms with E-state index in [1.54, 1.807) is 0 Å². The van der Waals surface area contributed by atoms with Crippen molar-refractivity contribution in [1.82, 2.24) is 0 Å². The van der Waals surface area contributed by atoms with Crippen LogP contribution < -0.4 is 0 Å². The Bertz CT molecular complexity index is 582. The summed E-state index contributed by atoms with van der Waals surface area (Å²) in [7, 11) is 0. The van der Waals surface area contributed by atoms with Crippen molar-refractivity contribution in [2.45, 2.75) is 90.4 Å². The van der Waals surface area contributed by atoms with Gasteiger partial charge in [0.05, 0.1) is 10.8 Å². The Hall–Kier alpha value is -1.50. The van der Waals surface area contributed by atoms with Crippen molar-refractivity contribution in [3.05, 3.63) is 54.1 Å². The summed E-state index contributed by atoms with van der Waals surface area (Å²) in [5.41, 5.74) is 2.27. The second-order valence-electron chi connectivity index (χ2n) is 7.17. The molecule has 1 rings (SSSR count). The van der Waals surface area contributed by atoms with E-state index in [1.807, 2.05) is 12.1 Å². The number of nitrogens with zero attached hydrogens (tertiary/aromatic N) is 1. The van der Waals surface area contributed by atoms with E-state index in [1.165, 1.54) is 76.2 Å². The predicted octanol–water partition coefficient (Wildman–Crippen LogP) is 8.78. The normalized spacial score (nSPS) is 11.3. The molecule has 1 aromatic carbocycles. The fraction of sp³-hybridized carbons (Fsp3) is 0.560. The first-order valence-electron chi connectivity index (χ1n) is 10.8. The van der Waals surface area contributed by atoms with Gasteiger partial charge in [-0.2, -0.15) is 4.99 Å². The number of thiocarbonyl (C=S) groups is 1. The van der Waals surface area contributed by atoms with Crippen LogP contribution in [0.5, 0.6) is 0 Å². The molecule has 0 spiro atoms. The lowest BCUT2D eigenvalue weighted by atomic mass is 10.0. The molecule has 0 radical (unpaired) electrons. The van der Waals surface area contributed by atoms with Gasteiger partial charge in [-0.25, -0.2) is 0 Å². The van der Waals surface area contributed by atoms with Crippen LogP contribution in [0.4, 0.5) is 5.69 Å². The van der Waals surface area contributed by atoms with Crippen molar-refractivity contribution in [2.75, 3.05) is 0 Å². The second kappa shape index (κ2) is 17.9. The molecule has 0 heterocycles. The van der Waals surface area contributed by atoms with Crippen molar-refractivity contribution in [1.29, 1.82) is 0 Å². The zero-order valence-electron chi connectivity index (χ0n) is 17.2. The van der Waals surface area contributed by atoms with Crippen molar-refractivity contribution in [3.8, 4) is 0 Å². The molecule has 0 bridgehead atoms.